The third-order valence-corrected chi connectivity index (χ3v) is 1.76. The fraction of sp³-hybridized carbons (Fsp3) is 0.625. The summed E-state index contributed by atoms with van der Waals surface area (Å²) in [5.74, 6) is -1.64. The summed E-state index contributed by atoms with van der Waals surface area (Å²) in [5.41, 5.74) is 0. The number of aliphatic carboxylic acids is 1. The average Bonchev–Trinajstić information content (AvgIpc) is 2.95. The van der Waals surface area contributed by atoms with Crippen LogP contribution in [0.5, 0.6) is 0 Å². The first-order valence-electron chi connectivity index (χ1n) is 4.61. The summed E-state index contributed by atoms with van der Waals surface area (Å²) in [4.78, 5) is 32.0. The second kappa shape index (κ2) is 5.18. The Labute approximate surface area is 86.2 Å². The Bertz CT molecular complexity index is 275. The lowest BCUT2D eigenvalue weighted by atomic mass is 10.5. The molecule has 0 aromatic carbocycles. The molecule has 1 aliphatic rings. The summed E-state index contributed by atoms with van der Waals surface area (Å²) in [7, 11) is 0. The van der Waals surface area contributed by atoms with Crippen LogP contribution in [0, 0.1) is 0 Å². The van der Waals surface area contributed by atoms with Gasteiger partial charge in [0, 0.05) is 6.04 Å². The third kappa shape index (κ3) is 5.50. The number of urea groups is 1. The number of rotatable bonds is 5. The number of hydrogen-bond acceptors (Lipinski definition) is 3. The van der Waals surface area contributed by atoms with E-state index >= 15 is 0 Å². The average molecular weight is 215 g/mol. The van der Waals surface area contributed by atoms with Gasteiger partial charge in [-0.15, -0.1) is 0 Å². The third-order valence-electron chi connectivity index (χ3n) is 1.76. The van der Waals surface area contributed by atoms with Gasteiger partial charge in [0.2, 0.25) is 5.91 Å². The molecule has 1 fully saturated rings. The quantitative estimate of drug-likeness (QED) is 0.454. The molecule has 0 unspecified atom stereocenters. The minimum absolute atomic E-state index is 0.216. The van der Waals surface area contributed by atoms with Crippen molar-refractivity contribution in [3.8, 4) is 0 Å². The van der Waals surface area contributed by atoms with Crippen molar-refractivity contribution in [2.45, 2.75) is 18.9 Å². The molecular formula is C8H13N3O4. The zero-order chi connectivity index (χ0) is 11.3. The van der Waals surface area contributed by atoms with Crippen LogP contribution in [-0.2, 0) is 9.59 Å². The SMILES string of the molecule is O=C(O)CNC(=O)CNC(=O)NC1CC1. The molecule has 7 heteroatoms. The highest BCUT2D eigenvalue weighted by Gasteiger charge is 2.23. The molecule has 15 heavy (non-hydrogen) atoms. The summed E-state index contributed by atoms with van der Waals surface area (Å²) in [6.07, 6.45) is 1.94. The van der Waals surface area contributed by atoms with Crippen LogP contribution in [0.1, 0.15) is 12.8 Å². The normalized spacial score (nSPS) is 14.1. The van der Waals surface area contributed by atoms with E-state index in [0.717, 1.165) is 12.8 Å². The highest BCUT2D eigenvalue weighted by molar-refractivity contribution is 5.86. The van der Waals surface area contributed by atoms with Crippen LogP contribution in [0.15, 0.2) is 0 Å². The zero-order valence-electron chi connectivity index (χ0n) is 8.08. The fourth-order valence-electron chi connectivity index (χ4n) is 0.861. The molecule has 0 aromatic heterocycles. The van der Waals surface area contributed by atoms with Gasteiger partial charge in [0.05, 0.1) is 6.54 Å². The minimum atomic E-state index is -1.12. The van der Waals surface area contributed by atoms with Gasteiger partial charge in [0.1, 0.15) is 6.54 Å². The number of hydrogen-bond donors (Lipinski definition) is 4. The first kappa shape index (κ1) is 11.3. The molecule has 0 radical (unpaired) electrons. The lowest BCUT2D eigenvalue weighted by Crippen LogP contribution is -2.43. The number of nitrogens with one attached hydrogen (secondary N) is 3. The predicted octanol–water partition coefficient (Wildman–Crippen LogP) is -1.35. The molecule has 0 bridgehead atoms. The summed E-state index contributed by atoms with van der Waals surface area (Å²) in [6.45, 7) is -0.656. The molecule has 0 aliphatic heterocycles. The second-order valence-electron chi connectivity index (χ2n) is 3.27. The van der Waals surface area contributed by atoms with Crippen molar-refractivity contribution in [1.82, 2.24) is 16.0 Å². The Hall–Kier alpha value is -1.79. The maximum absolute atomic E-state index is 11.0. The molecule has 4 N–H and O–H groups in total. The van der Waals surface area contributed by atoms with E-state index in [9.17, 15) is 14.4 Å². The van der Waals surface area contributed by atoms with Crippen molar-refractivity contribution < 1.29 is 19.5 Å². The highest BCUT2D eigenvalue weighted by atomic mass is 16.4. The van der Waals surface area contributed by atoms with Crippen molar-refractivity contribution in [1.29, 1.82) is 0 Å². The van der Waals surface area contributed by atoms with Crippen molar-refractivity contribution in [3.63, 3.8) is 0 Å². The molecule has 1 rings (SSSR count). The van der Waals surface area contributed by atoms with Gasteiger partial charge < -0.3 is 21.1 Å². The first-order valence-corrected chi connectivity index (χ1v) is 4.61. The lowest BCUT2D eigenvalue weighted by molar-refractivity contribution is -0.137. The highest BCUT2D eigenvalue weighted by Crippen LogP contribution is 2.17. The number of carboxylic acid groups (broad SMARTS) is 1. The standard InChI is InChI=1S/C8H13N3O4/c12-6(9-4-7(13)14)3-10-8(15)11-5-1-2-5/h5H,1-4H2,(H,9,12)(H,13,14)(H2,10,11,15). The number of amides is 3. The molecule has 0 spiro atoms. The minimum Gasteiger partial charge on any atom is -0.480 e. The summed E-state index contributed by atoms with van der Waals surface area (Å²) >= 11 is 0. The van der Waals surface area contributed by atoms with Crippen LogP contribution in [-0.4, -0.2) is 42.1 Å². The Balaban J connectivity index is 2.04. The molecule has 1 saturated carbocycles. The van der Waals surface area contributed by atoms with Gasteiger partial charge in [-0.3, -0.25) is 9.59 Å². The van der Waals surface area contributed by atoms with Crippen LogP contribution in [0.4, 0.5) is 4.79 Å². The Morgan fingerprint density at radius 1 is 1.13 bits per heavy atom. The molecular weight excluding hydrogens is 202 g/mol. The molecule has 0 heterocycles. The van der Waals surface area contributed by atoms with E-state index in [1.165, 1.54) is 0 Å². The number of carboxylic acids is 1. The van der Waals surface area contributed by atoms with Gasteiger partial charge in [-0.2, -0.15) is 0 Å². The lowest BCUT2D eigenvalue weighted by Gasteiger charge is -2.06. The molecule has 7 nitrogen and oxygen atoms in total. The van der Waals surface area contributed by atoms with Gasteiger partial charge in [-0.05, 0) is 12.8 Å². The predicted molar refractivity (Wildman–Crippen MR) is 50.2 cm³/mol. The Morgan fingerprint density at radius 3 is 2.33 bits per heavy atom. The Morgan fingerprint density at radius 2 is 1.80 bits per heavy atom. The van der Waals surface area contributed by atoms with E-state index in [0.29, 0.717) is 0 Å². The van der Waals surface area contributed by atoms with E-state index in [2.05, 4.69) is 16.0 Å². The van der Waals surface area contributed by atoms with Crippen molar-refractivity contribution in [2.24, 2.45) is 0 Å². The summed E-state index contributed by atoms with van der Waals surface area (Å²) < 4.78 is 0. The van der Waals surface area contributed by atoms with Gasteiger partial charge >= 0.3 is 12.0 Å². The maximum Gasteiger partial charge on any atom is 0.322 e. The van der Waals surface area contributed by atoms with Gasteiger partial charge in [0.25, 0.3) is 0 Å². The zero-order valence-corrected chi connectivity index (χ0v) is 8.08. The van der Waals surface area contributed by atoms with Crippen molar-refractivity contribution in [2.75, 3.05) is 13.1 Å². The molecule has 3 amide bonds. The smallest absolute Gasteiger partial charge is 0.322 e. The van der Waals surface area contributed by atoms with E-state index in [1.54, 1.807) is 0 Å². The molecule has 0 saturated heterocycles. The van der Waals surface area contributed by atoms with E-state index < -0.39 is 24.5 Å². The van der Waals surface area contributed by atoms with E-state index in [4.69, 9.17) is 5.11 Å². The van der Waals surface area contributed by atoms with E-state index in [-0.39, 0.29) is 12.6 Å². The van der Waals surface area contributed by atoms with Crippen LogP contribution in [0.25, 0.3) is 0 Å². The largest absolute Gasteiger partial charge is 0.480 e. The second-order valence-corrected chi connectivity index (χ2v) is 3.27. The number of carbonyl (C=O) groups excluding carboxylic acids is 2. The number of carbonyl (C=O) groups is 3. The van der Waals surface area contributed by atoms with Gasteiger partial charge in [-0.25, -0.2) is 4.79 Å². The van der Waals surface area contributed by atoms with Crippen LogP contribution in [0.2, 0.25) is 0 Å². The first-order chi connectivity index (χ1) is 7.08. The maximum atomic E-state index is 11.0. The van der Waals surface area contributed by atoms with Crippen molar-refractivity contribution >= 4 is 17.9 Å². The van der Waals surface area contributed by atoms with Crippen LogP contribution < -0.4 is 16.0 Å². The molecule has 1 aliphatic carbocycles. The van der Waals surface area contributed by atoms with E-state index in [1.807, 2.05) is 0 Å². The van der Waals surface area contributed by atoms with Gasteiger partial charge in [-0.1, -0.05) is 0 Å². The van der Waals surface area contributed by atoms with Crippen LogP contribution >= 0.6 is 0 Å². The summed E-state index contributed by atoms with van der Waals surface area (Å²) in [6, 6.07) is -0.171. The van der Waals surface area contributed by atoms with Crippen LogP contribution in [0.3, 0.4) is 0 Å². The van der Waals surface area contributed by atoms with Gasteiger partial charge in [0.15, 0.2) is 0 Å². The summed E-state index contributed by atoms with van der Waals surface area (Å²) in [5, 5.41) is 15.3. The van der Waals surface area contributed by atoms with Crippen molar-refractivity contribution in [3.05, 3.63) is 0 Å². The topological polar surface area (TPSA) is 108 Å². The molecule has 0 aromatic rings. The molecule has 84 valence electrons. The fourth-order valence-corrected chi connectivity index (χ4v) is 0.861. The molecule has 0 atom stereocenters. The monoisotopic (exact) mass is 215 g/mol. The Kier molecular flexibility index (Phi) is 3.90.